The number of hydrogen-bond acceptors (Lipinski definition) is 5. The second kappa shape index (κ2) is 8.52. The fourth-order valence-corrected chi connectivity index (χ4v) is 4.22. The fraction of sp³-hybridized carbons (Fsp3) is 0.278. The van der Waals surface area contributed by atoms with E-state index in [9.17, 15) is 17.2 Å². The van der Waals surface area contributed by atoms with E-state index in [4.69, 9.17) is 22.1 Å². The summed E-state index contributed by atoms with van der Waals surface area (Å²) in [5.74, 6) is 0.124. The van der Waals surface area contributed by atoms with Gasteiger partial charge in [0.05, 0.1) is 29.0 Å². The summed E-state index contributed by atoms with van der Waals surface area (Å²) in [6.45, 7) is -0.668. The van der Waals surface area contributed by atoms with Gasteiger partial charge in [-0.1, -0.05) is 23.7 Å². The standard InChI is InChI=1S/C18H19ClF2N4O3S/c1-28-12-4-2-11(3-5-12)8-23-29(26,27)10-15-17-13(19)6-7-14(22)18(17)25(24-15)9-16(20)21/h2-7,16,23H,8-10,22H2,1H3. The van der Waals surface area contributed by atoms with E-state index in [1.54, 1.807) is 24.3 Å². The SMILES string of the molecule is COc1ccc(CNS(=O)(=O)Cc2nn(CC(F)F)c3c(N)ccc(Cl)c23)cc1. The average molecular weight is 445 g/mol. The molecule has 0 bridgehead atoms. The molecular formula is C18H19ClF2N4O3S. The lowest BCUT2D eigenvalue weighted by Gasteiger charge is -2.07. The zero-order chi connectivity index (χ0) is 21.2. The number of aromatic nitrogens is 2. The molecule has 0 aliphatic rings. The summed E-state index contributed by atoms with van der Waals surface area (Å²) < 4.78 is 59.5. The van der Waals surface area contributed by atoms with Crippen LogP contribution in [0, 0.1) is 0 Å². The number of nitrogen functional groups attached to an aromatic ring is 1. The highest BCUT2D eigenvalue weighted by Crippen LogP contribution is 2.32. The number of rotatable bonds is 8. The highest BCUT2D eigenvalue weighted by molar-refractivity contribution is 7.88. The van der Waals surface area contributed by atoms with Gasteiger partial charge in [0.1, 0.15) is 18.0 Å². The molecule has 3 N–H and O–H groups in total. The molecule has 3 aromatic rings. The third-order valence-corrected chi connectivity index (χ3v) is 5.79. The summed E-state index contributed by atoms with van der Waals surface area (Å²) in [7, 11) is -2.29. The number of nitrogens with one attached hydrogen (secondary N) is 1. The van der Waals surface area contributed by atoms with Crippen LogP contribution in [0.4, 0.5) is 14.5 Å². The zero-order valence-corrected chi connectivity index (χ0v) is 17.0. The van der Waals surface area contributed by atoms with E-state index in [1.807, 2.05) is 0 Å². The summed E-state index contributed by atoms with van der Waals surface area (Å²) >= 11 is 6.19. The first-order chi connectivity index (χ1) is 13.7. The van der Waals surface area contributed by atoms with Gasteiger partial charge >= 0.3 is 0 Å². The van der Waals surface area contributed by atoms with Gasteiger partial charge in [0, 0.05) is 11.9 Å². The third kappa shape index (κ3) is 4.95. The Morgan fingerprint density at radius 3 is 2.55 bits per heavy atom. The molecule has 0 fully saturated rings. The molecule has 0 atom stereocenters. The monoisotopic (exact) mass is 444 g/mol. The first-order valence-corrected chi connectivity index (χ1v) is 10.5. The van der Waals surface area contributed by atoms with Gasteiger partial charge in [-0.2, -0.15) is 5.10 Å². The smallest absolute Gasteiger partial charge is 0.257 e. The van der Waals surface area contributed by atoms with E-state index < -0.39 is 28.7 Å². The lowest BCUT2D eigenvalue weighted by atomic mass is 10.2. The van der Waals surface area contributed by atoms with Crippen LogP contribution in [0.2, 0.25) is 5.02 Å². The number of benzene rings is 2. The van der Waals surface area contributed by atoms with Crippen molar-refractivity contribution in [3.05, 3.63) is 52.7 Å². The molecule has 156 valence electrons. The Hall–Kier alpha value is -2.43. The number of alkyl halides is 2. The lowest BCUT2D eigenvalue weighted by Crippen LogP contribution is -2.25. The average Bonchev–Trinajstić information content (AvgIpc) is 3.01. The number of fused-ring (bicyclic) bond motifs is 1. The Morgan fingerprint density at radius 1 is 1.24 bits per heavy atom. The van der Waals surface area contributed by atoms with Crippen molar-refractivity contribution < 1.29 is 21.9 Å². The Kier molecular flexibility index (Phi) is 6.25. The number of ether oxygens (including phenoxy) is 1. The van der Waals surface area contributed by atoms with Crippen LogP contribution in [-0.4, -0.2) is 31.7 Å². The van der Waals surface area contributed by atoms with E-state index >= 15 is 0 Å². The Bertz CT molecular complexity index is 1120. The number of hydrogen-bond donors (Lipinski definition) is 2. The predicted molar refractivity (Wildman–Crippen MR) is 108 cm³/mol. The van der Waals surface area contributed by atoms with Crippen molar-refractivity contribution in [2.75, 3.05) is 12.8 Å². The third-order valence-electron chi connectivity index (χ3n) is 4.24. The van der Waals surface area contributed by atoms with E-state index in [2.05, 4.69) is 9.82 Å². The van der Waals surface area contributed by atoms with E-state index in [1.165, 1.54) is 19.2 Å². The van der Waals surface area contributed by atoms with Crippen LogP contribution in [0.1, 0.15) is 11.3 Å². The fourth-order valence-electron chi connectivity index (χ4n) is 2.91. The van der Waals surface area contributed by atoms with Crippen LogP contribution < -0.4 is 15.2 Å². The zero-order valence-electron chi connectivity index (χ0n) is 15.4. The van der Waals surface area contributed by atoms with Crippen molar-refractivity contribution in [1.82, 2.24) is 14.5 Å². The minimum absolute atomic E-state index is 0.0534. The van der Waals surface area contributed by atoms with E-state index in [-0.39, 0.29) is 33.9 Å². The van der Waals surface area contributed by atoms with Gasteiger partial charge in [-0.25, -0.2) is 21.9 Å². The highest BCUT2D eigenvalue weighted by atomic mass is 35.5. The van der Waals surface area contributed by atoms with Gasteiger partial charge in [0.15, 0.2) is 0 Å². The maximum Gasteiger partial charge on any atom is 0.257 e. The molecule has 0 amide bonds. The Morgan fingerprint density at radius 2 is 1.93 bits per heavy atom. The van der Waals surface area contributed by atoms with Crippen molar-refractivity contribution in [1.29, 1.82) is 0 Å². The van der Waals surface area contributed by atoms with Crippen molar-refractivity contribution in [2.24, 2.45) is 0 Å². The number of sulfonamides is 1. The minimum Gasteiger partial charge on any atom is -0.497 e. The summed E-state index contributed by atoms with van der Waals surface area (Å²) in [6.07, 6.45) is -2.69. The maximum absolute atomic E-state index is 12.9. The molecule has 0 radical (unpaired) electrons. The van der Waals surface area contributed by atoms with Crippen LogP contribution in [0.3, 0.4) is 0 Å². The van der Waals surface area contributed by atoms with Crippen molar-refractivity contribution in [3.63, 3.8) is 0 Å². The van der Waals surface area contributed by atoms with E-state index in [0.29, 0.717) is 5.75 Å². The van der Waals surface area contributed by atoms with Gasteiger partial charge in [-0.05, 0) is 29.8 Å². The summed E-state index contributed by atoms with van der Waals surface area (Å²) in [5, 5.41) is 4.49. The molecule has 11 heteroatoms. The second-order valence-electron chi connectivity index (χ2n) is 6.31. The molecule has 0 unspecified atom stereocenters. The second-order valence-corrected chi connectivity index (χ2v) is 8.52. The molecule has 0 spiro atoms. The normalized spacial score (nSPS) is 12.0. The Labute approximate surface area is 171 Å². The summed E-state index contributed by atoms with van der Waals surface area (Å²) in [5.41, 5.74) is 7.06. The molecule has 1 aromatic heterocycles. The molecule has 0 saturated heterocycles. The van der Waals surface area contributed by atoms with Gasteiger partial charge < -0.3 is 10.5 Å². The molecular weight excluding hydrogens is 426 g/mol. The highest BCUT2D eigenvalue weighted by Gasteiger charge is 2.22. The Balaban J connectivity index is 1.86. The van der Waals surface area contributed by atoms with Crippen molar-refractivity contribution >= 4 is 38.2 Å². The lowest BCUT2D eigenvalue weighted by molar-refractivity contribution is 0.123. The quantitative estimate of drug-likeness (QED) is 0.520. The van der Waals surface area contributed by atoms with Crippen molar-refractivity contribution in [2.45, 2.75) is 25.3 Å². The first-order valence-electron chi connectivity index (χ1n) is 8.52. The maximum atomic E-state index is 12.9. The van der Waals surface area contributed by atoms with Crippen LogP contribution in [0.5, 0.6) is 5.75 Å². The molecule has 3 rings (SSSR count). The molecule has 1 heterocycles. The summed E-state index contributed by atoms with van der Waals surface area (Å²) in [4.78, 5) is 0. The number of anilines is 1. The van der Waals surface area contributed by atoms with Crippen molar-refractivity contribution in [3.8, 4) is 5.75 Å². The molecule has 0 aliphatic heterocycles. The number of methoxy groups -OCH3 is 1. The number of nitrogens with zero attached hydrogens (tertiary/aromatic N) is 2. The molecule has 0 aliphatic carbocycles. The van der Waals surface area contributed by atoms with E-state index in [0.717, 1.165) is 10.2 Å². The molecule has 7 nitrogen and oxygen atoms in total. The predicted octanol–water partition coefficient (Wildman–Crippen LogP) is 3.17. The van der Waals surface area contributed by atoms with Crippen LogP contribution in [0.15, 0.2) is 36.4 Å². The van der Waals surface area contributed by atoms with Crippen LogP contribution in [0.25, 0.3) is 10.9 Å². The number of nitrogens with two attached hydrogens (primary N) is 1. The number of halogens is 3. The first kappa shape index (κ1) is 21.3. The van der Waals surface area contributed by atoms with Crippen LogP contribution >= 0.6 is 11.6 Å². The summed E-state index contributed by atoms with van der Waals surface area (Å²) in [6, 6.07) is 9.83. The minimum atomic E-state index is -3.83. The van der Waals surface area contributed by atoms with Crippen LogP contribution in [-0.2, 0) is 28.9 Å². The molecule has 0 saturated carbocycles. The molecule has 29 heavy (non-hydrogen) atoms. The van der Waals surface area contributed by atoms with Gasteiger partial charge in [0.2, 0.25) is 10.0 Å². The largest absolute Gasteiger partial charge is 0.497 e. The van der Waals surface area contributed by atoms with Gasteiger partial charge in [0.25, 0.3) is 6.43 Å². The van der Waals surface area contributed by atoms with Gasteiger partial charge in [-0.15, -0.1) is 0 Å². The van der Waals surface area contributed by atoms with Gasteiger partial charge in [-0.3, -0.25) is 4.68 Å². The topological polar surface area (TPSA) is 99.2 Å². The molecule has 2 aromatic carbocycles.